The SMILES string of the molecule is NC(=O)Cc1cc(-c2ccc(O)c(Cl)c2)cc2c1[nH]c1cc(N)ccc12. The highest BCUT2D eigenvalue weighted by Gasteiger charge is 2.14. The van der Waals surface area contributed by atoms with Gasteiger partial charge in [-0.15, -0.1) is 0 Å². The molecule has 3 aromatic carbocycles. The molecule has 0 spiro atoms. The third kappa shape index (κ3) is 2.72. The van der Waals surface area contributed by atoms with Crippen LogP contribution >= 0.6 is 11.6 Å². The van der Waals surface area contributed by atoms with Gasteiger partial charge in [-0.1, -0.05) is 23.7 Å². The molecule has 0 fully saturated rings. The fourth-order valence-electron chi connectivity index (χ4n) is 3.28. The smallest absolute Gasteiger partial charge is 0.221 e. The molecule has 0 radical (unpaired) electrons. The zero-order chi connectivity index (χ0) is 18.4. The van der Waals surface area contributed by atoms with E-state index in [0.717, 1.165) is 38.5 Å². The Kier molecular flexibility index (Phi) is 3.74. The van der Waals surface area contributed by atoms with Crippen LogP contribution in [-0.2, 0) is 11.2 Å². The lowest BCUT2D eigenvalue weighted by molar-refractivity contribution is -0.117. The number of hydrogen-bond acceptors (Lipinski definition) is 3. The summed E-state index contributed by atoms with van der Waals surface area (Å²) in [4.78, 5) is 14.9. The summed E-state index contributed by atoms with van der Waals surface area (Å²) in [6, 6.07) is 14.6. The topological polar surface area (TPSA) is 105 Å². The van der Waals surface area contributed by atoms with E-state index in [-0.39, 0.29) is 17.2 Å². The predicted molar refractivity (Wildman–Crippen MR) is 105 cm³/mol. The highest BCUT2D eigenvalue weighted by atomic mass is 35.5. The van der Waals surface area contributed by atoms with Crippen LogP contribution in [0.1, 0.15) is 5.56 Å². The Hall–Kier alpha value is -3.18. The average Bonchev–Trinajstić information content (AvgIpc) is 2.94. The largest absolute Gasteiger partial charge is 0.506 e. The summed E-state index contributed by atoms with van der Waals surface area (Å²) in [6.07, 6.45) is 0.110. The molecule has 6 N–H and O–H groups in total. The van der Waals surface area contributed by atoms with Gasteiger partial charge < -0.3 is 21.6 Å². The molecule has 0 aliphatic rings. The predicted octanol–water partition coefficient (Wildman–Crippen LogP) is 3.96. The van der Waals surface area contributed by atoms with Gasteiger partial charge >= 0.3 is 0 Å². The molecule has 1 aromatic heterocycles. The van der Waals surface area contributed by atoms with E-state index in [1.54, 1.807) is 18.2 Å². The lowest BCUT2D eigenvalue weighted by atomic mass is 9.97. The number of amides is 1. The lowest BCUT2D eigenvalue weighted by Gasteiger charge is -2.08. The molecule has 6 heteroatoms. The van der Waals surface area contributed by atoms with Gasteiger partial charge in [0.05, 0.1) is 17.0 Å². The molecule has 0 atom stereocenters. The maximum Gasteiger partial charge on any atom is 0.221 e. The second-order valence-corrected chi connectivity index (χ2v) is 6.70. The maximum atomic E-state index is 11.6. The Morgan fingerprint density at radius 2 is 1.85 bits per heavy atom. The Balaban J connectivity index is 2.03. The van der Waals surface area contributed by atoms with E-state index < -0.39 is 5.91 Å². The first-order valence-corrected chi connectivity index (χ1v) is 8.41. The van der Waals surface area contributed by atoms with Gasteiger partial charge in [0.2, 0.25) is 5.91 Å². The Morgan fingerprint density at radius 3 is 2.58 bits per heavy atom. The van der Waals surface area contributed by atoms with E-state index in [1.807, 2.05) is 30.3 Å². The summed E-state index contributed by atoms with van der Waals surface area (Å²) in [5.41, 5.74) is 16.3. The summed E-state index contributed by atoms with van der Waals surface area (Å²) < 4.78 is 0. The number of halogens is 1. The molecule has 5 nitrogen and oxygen atoms in total. The number of anilines is 1. The van der Waals surface area contributed by atoms with Crippen molar-refractivity contribution in [2.75, 3.05) is 5.73 Å². The van der Waals surface area contributed by atoms with Crippen molar-refractivity contribution < 1.29 is 9.90 Å². The summed E-state index contributed by atoms with van der Waals surface area (Å²) in [5.74, 6) is -0.387. The van der Waals surface area contributed by atoms with E-state index in [0.29, 0.717) is 5.69 Å². The average molecular weight is 366 g/mol. The number of rotatable bonds is 3. The van der Waals surface area contributed by atoms with Crippen LogP contribution in [0.5, 0.6) is 5.75 Å². The van der Waals surface area contributed by atoms with Gasteiger partial charge in [0.1, 0.15) is 5.75 Å². The van der Waals surface area contributed by atoms with Crippen molar-refractivity contribution >= 4 is 45.0 Å². The number of benzene rings is 3. The number of carbonyl (C=O) groups is 1. The number of nitrogens with one attached hydrogen (secondary N) is 1. The fraction of sp³-hybridized carbons (Fsp3) is 0.0500. The molecular weight excluding hydrogens is 350 g/mol. The molecular formula is C20H16ClN3O2. The van der Waals surface area contributed by atoms with E-state index in [1.165, 1.54) is 0 Å². The Bertz CT molecular complexity index is 1180. The summed E-state index contributed by atoms with van der Waals surface area (Å²) in [6.45, 7) is 0. The van der Waals surface area contributed by atoms with Crippen molar-refractivity contribution in [3.8, 4) is 16.9 Å². The molecule has 0 aliphatic carbocycles. The minimum absolute atomic E-state index is 0.0245. The van der Waals surface area contributed by atoms with Crippen molar-refractivity contribution in [3.63, 3.8) is 0 Å². The Morgan fingerprint density at radius 1 is 1.04 bits per heavy atom. The molecule has 4 rings (SSSR count). The molecule has 4 aromatic rings. The van der Waals surface area contributed by atoms with Gasteiger partial charge in [-0.25, -0.2) is 0 Å². The normalized spacial score (nSPS) is 11.3. The minimum atomic E-state index is -0.412. The van der Waals surface area contributed by atoms with Crippen LogP contribution in [0.25, 0.3) is 32.9 Å². The summed E-state index contributed by atoms with van der Waals surface area (Å²) in [7, 11) is 0. The second kappa shape index (κ2) is 5.97. The number of aromatic nitrogens is 1. The maximum absolute atomic E-state index is 11.6. The molecule has 1 amide bonds. The quantitative estimate of drug-likeness (QED) is 0.413. The fourth-order valence-corrected chi connectivity index (χ4v) is 3.46. The molecule has 0 saturated heterocycles. The molecule has 0 saturated carbocycles. The second-order valence-electron chi connectivity index (χ2n) is 6.30. The van der Waals surface area contributed by atoms with Gasteiger partial charge in [-0.05, 0) is 53.1 Å². The van der Waals surface area contributed by atoms with Crippen LogP contribution < -0.4 is 11.5 Å². The number of fused-ring (bicyclic) bond motifs is 3. The van der Waals surface area contributed by atoms with Gasteiger partial charge in [0, 0.05) is 22.0 Å². The van der Waals surface area contributed by atoms with Gasteiger partial charge in [0.15, 0.2) is 0 Å². The molecule has 130 valence electrons. The van der Waals surface area contributed by atoms with Crippen molar-refractivity contribution in [1.82, 2.24) is 4.98 Å². The minimum Gasteiger partial charge on any atom is -0.506 e. The first-order chi connectivity index (χ1) is 12.4. The molecule has 0 unspecified atom stereocenters. The van der Waals surface area contributed by atoms with Crippen molar-refractivity contribution in [1.29, 1.82) is 0 Å². The van der Waals surface area contributed by atoms with Crippen LogP contribution in [-0.4, -0.2) is 16.0 Å². The number of nitrogen functional groups attached to an aromatic ring is 1. The number of H-pyrrole nitrogens is 1. The van der Waals surface area contributed by atoms with Crippen LogP contribution in [0.15, 0.2) is 48.5 Å². The number of primary amides is 1. The van der Waals surface area contributed by atoms with Crippen LogP contribution in [0, 0.1) is 0 Å². The monoisotopic (exact) mass is 365 g/mol. The highest BCUT2D eigenvalue weighted by Crippen LogP contribution is 2.35. The van der Waals surface area contributed by atoms with E-state index in [2.05, 4.69) is 4.98 Å². The molecule has 1 heterocycles. The number of hydrogen-bond donors (Lipinski definition) is 4. The van der Waals surface area contributed by atoms with Crippen LogP contribution in [0.3, 0.4) is 0 Å². The highest BCUT2D eigenvalue weighted by molar-refractivity contribution is 6.32. The number of aromatic hydroxyl groups is 1. The van der Waals surface area contributed by atoms with Crippen molar-refractivity contribution in [2.45, 2.75) is 6.42 Å². The van der Waals surface area contributed by atoms with E-state index in [9.17, 15) is 9.90 Å². The Labute approximate surface area is 154 Å². The summed E-state index contributed by atoms with van der Waals surface area (Å²) in [5, 5.41) is 11.9. The zero-order valence-corrected chi connectivity index (χ0v) is 14.5. The third-order valence-corrected chi connectivity index (χ3v) is 4.76. The molecule has 26 heavy (non-hydrogen) atoms. The van der Waals surface area contributed by atoms with Crippen LogP contribution in [0.2, 0.25) is 5.02 Å². The molecule has 0 aliphatic heterocycles. The number of nitrogens with two attached hydrogens (primary N) is 2. The molecule has 0 bridgehead atoms. The number of carbonyl (C=O) groups excluding carboxylic acids is 1. The summed E-state index contributed by atoms with van der Waals surface area (Å²) >= 11 is 6.05. The first kappa shape index (κ1) is 16.3. The third-order valence-electron chi connectivity index (χ3n) is 4.46. The van der Waals surface area contributed by atoms with Crippen molar-refractivity contribution in [2.24, 2.45) is 5.73 Å². The van der Waals surface area contributed by atoms with Gasteiger partial charge in [0.25, 0.3) is 0 Å². The van der Waals surface area contributed by atoms with Crippen molar-refractivity contribution in [3.05, 3.63) is 59.1 Å². The number of aromatic amines is 1. The van der Waals surface area contributed by atoms with Crippen LogP contribution in [0.4, 0.5) is 5.69 Å². The van der Waals surface area contributed by atoms with E-state index >= 15 is 0 Å². The lowest BCUT2D eigenvalue weighted by Crippen LogP contribution is -2.14. The number of phenolic OH excluding ortho intramolecular Hbond substituents is 1. The van der Waals surface area contributed by atoms with Gasteiger partial charge in [-0.3, -0.25) is 4.79 Å². The zero-order valence-electron chi connectivity index (χ0n) is 13.7. The number of phenols is 1. The van der Waals surface area contributed by atoms with E-state index in [4.69, 9.17) is 23.1 Å². The first-order valence-electron chi connectivity index (χ1n) is 8.03. The van der Waals surface area contributed by atoms with Gasteiger partial charge in [-0.2, -0.15) is 0 Å². The standard InChI is InChI=1S/C20H16ClN3O2/c21-16-7-10(1-4-18(16)25)11-5-12(8-19(23)26)20-15(6-11)14-3-2-13(22)9-17(14)24-20/h1-7,9,24-25H,8,22H2,(H2,23,26).